The molecule has 0 bridgehead atoms. The van der Waals surface area contributed by atoms with Crippen molar-refractivity contribution in [1.29, 1.82) is 0 Å². The van der Waals surface area contributed by atoms with Gasteiger partial charge in [-0.05, 0) is 172 Å². The molecule has 0 aromatic heterocycles. The topological polar surface area (TPSA) is 93.7 Å². The standard InChI is InChI=1S/C21H34O2.C17H34N2.C14H27NO.C13H27NO.C12H25NO.4H2S/c1-15(2)11-12-23-20-9-7-18(8-10-20)14-19(13-16(3)4)21(22)17(5)6;1-13(2)8-9-18-10-11-19(15(5)6)17(12-18)16(7)14(3)4;1-9(2)12-7-13(14(16)10(3)4)15(8-12)11(5)6;1-10(2)7-8-14(12(5)6)9-13(15)11(3)4;1-9(2)7-13(11(5)6)8-12(14)10(3)4;;;;/h7-10,15-17,19H,11-14H2,1-6H3;13-15,17H,7-12H2,1-6H3;9-13H,7-8H2,1-6H3;10-12H,7-9H2,1-6H3;9-11H,7-8H2,1-6H3;4*1H2/t19-;17-;12?,13-;;;;;;/m000....../s1. The molecule has 0 amide bonds. The molecule has 1 aromatic carbocycles. The third kappa shape index (κ3) is 45.0. The number of piperazine rings is 1. The maximum absolute atomic E-state index is 12.4. The lowest BCUT2D eigenvalue weighted by Gasteiger charge is -2.45. The molecule has 0 saturated carbocycles. The van der Waals surface area contributed by atoms with E-state index in [2.05, 4.69) is 196 Å². The van der Waals surface area contributed by atoms with Crippen molar-refractivity contribution in [2.45, 2.75) is 282 Å². The van der Waals surface area contributed by atoms with Crippen molar-refractivity contribution in [3.63, 3.8) is 0 Å². The SMILES string of the molecule is C=C(C(C)C)[C@@H]1CN(CCC(C)C)CCN1C(C)C.CC(C)C(=O)[C@@H]1CC(C(C)C)CN1C(C)C.CC(C)CCN(CC(=O)C(C)C)C(C)C.CC(C)CCOc1ccc(C[C@H](CC(C)C)C(=O)C(C)C)cc1.CC(C)CN(CC(=O)C(C)C)C(C)C.S.S.S.S. The Balaban J connectivity index is -0.000000248. The van der Waals surface area contributed by atoms with Gasteiger partial charge in [0.2, 0.25) is 0 Å². The number of benzene rings is 1. The summed E-state index contributed by atoms with van der Waals surface area (Å²) < 4.78 is 5.76. The number of carbonyl (C=O) groups excluding carboxylic acids is 4. The van der Waals surface area contributed by atoms with Crippen LogP contribution in [0.1, 0.15) is 245 Å². The van der Waals surface area contributed by atoms with Crippen LogP contribution in [-0.2, 0) is 25.6 Å². The summed E-state index contributed by atoms with van der Waals surface area (Å²) in [7, 11) is 0. The van der Waals surface area contributed by atoms with Gasteiger partial charge < -0.3 is 9.64 Å². The lowest BCUT2D eigenvalue weighted by Crippen LogP contribution is -2.56. The Hall–Kier alpha value is -1.36. The largest absolute Gasteiger partial charge is 0.494 e. The van der Waals surface area contributed by atoms with E-state index in [0.29, 0.717) is 108 Å². The third-order valence-corrected chi connectivity index (χ3v) is 17.4. The number of carbonyl (C=O) groups is 4. The fraction of sp³-hybridized carbons (Fsp3) is 0.844. The smallest absolute Gasteiger partial charge is 0.152 e. The number of hydrogen-bond acceptors (Lipinski definition) is 10. The van der Waals surface area contributed by atoms with Gasteiger partial charge in [0.1, 0.15) is 23.1 Å². The molecule has 0 N–H and O–H groups in total. The zero-order valence-electron chi connectivity index (χ0n) is 65.1. The summed E-state index contributed by atoms with van der Waals surface area (Å²) in [6.07, 6.45) is 6.41. The highest BCUT2D eigenvalue weighted by Gasteiger charge is 2.39. The second-order valence-corrected chi connectivity index (χ2v) is 31.3. The zero-order valence-corrected chi connectivity index (χ0v) is 69.1. The van der Waals surface area contributed by atoms with Crippen molar-refractivity contribution in [2.75, 3.05) is 65.5 Å². The van der Waals surface area contributed by atoms with Crippen LogP contribution in [0.5, 0.6) is 5.75 Å². The maximum Gasteiger partial charge on any atom is 0.152 e. The molecule has 0 spiro atoms. The first-order chi connectivity index (χ1) is 40.1. The van der Waals surface area contributed by atoms with Crippen molar-refractivity contribution < 1.29 is 23.9 Å². The fourth-order valence-electron chi connectivity index (χ4n) is 10.8. The highest BCUT2D eigenvalue weighted by atomic mass is 32.1. The first kappa shape index (κ1) is 101. The van der Waals surface area contributed by atoms with Crippen molar-refractivity contribution >= 4 is 77.1 Å². The molecule has 3 rings (SSSR count). The predicted octanol–water partition coefficient (Wildman–Crippen LogP) is 18.1. The summed E-state index contributed by atoms with van der Waals surface area (Å²) >= 11 is 0. The van der Waals surface area contributed by atoms with Gasteiger partial charge in [0.05, 0.1) is 25.7 Å². The van der Waals surface area contributed by atoms with E-state index in [1.54, 1.807) is 0 Å². The summed E-state index contributed by atoms with van der Waals surface area (Å²) in [5, 5.41) is 0. The Kier molecular flexibility index (Phi) is 59.4. The van der Waals surface area contributed by atoms with E-state index < -0.39 is 0 Å². The van der Waals surface area contributed by atoms with Crippen LogP contribution in [0.25, 0.3) is 0 Å². The number of Topliss-reactive ketones (excluding diaryl/α,β-unsaturated/α-hetero) is 4. The van der Waals surface area contributed by atoms with E-state index in [9.17, 15) is 19.2 Å². The van der Waals surface area contributed by atoms with Gasteiger partial charge in [-0.2, -0.15) is 54.0 Å². The van der Waals surface area contributed by atoms with E-state index in [1.807, 2.05) is 67.5 Å². The first-order valence-electron chi connectivity index (χ1n) is 35.4. The molecular weight excluding hydrogens is 1200 g/mol. The van der Waals surface area contributed by atoms with Gasteiger partial charge in [-0.25, -0.2) is 0 Å². The molecule has 1 aromatic rings. The monoisotopic (exact) mass is 1360 g/mol. The van der Waals surface area contributed by atoms with Crippen LogP contribution in [-0.4, -0.2) is 149 Å². The van der Waals surface area contributed by atoms with Crippen LogP contribution in [0, 0.1) is 76.9 Å². The number of likely N-dealkylation sites (tertiary alicyclic amines) is 1. The van der Waals surface area contributed by atoms with Crippen molar-refractivity contribution in [3.05, 3.63) is 42.0 Å². The summed E-state index contributed by atoms with van der Waals surface area (Å²) in [4.78, 5) is 60.1. The van der Waals surface area contributed by atoms with E-state index >= 15 is 0 Å². The van der Waals surface area contributed by atoms with E-state index in [1.165, 1.54) is 50.2 Å². The molecule has 0 radical (unpaired) electrons. The van der Waals surface area contributed by atoms with Crippen LogP contribution in [0.15, 0.2) is 36.4 Å². The van der Waals surface area contributed by atoms with Crippen LogP contribution >= 0.6 is 54.0 Å². The van der Waals surface area contributed by atoms with Crippen LogP contribution in [0.2, 0.25) is 0 Å². The van der Waals surface area contributed by atoms with Gasteiger partial charge in [-0.1, -0.05) is 177 Å². The Morgan fingerprint density at radius 2 is 0.989 bits per heavy atom. The molecule has 542 valence electrons. The highest BCUT2D eigenvalue weighted by Crippen LogP contribution is 2.32. The number of ether oxygens (including phenoxy) is 1. The van der Waals surface area contributed by atoms with Gasteiger partial charge >= 0.3 is 0 Å². The molecule has 4 atom stereocenters. The molecule has 2 heterocycles. The van der Waals surface area contributed by atoms with Crippen LogP contribution in [0.4, 0.5) is 0 Å². The lowest BCUT2D eigenvalue weighted by molar-refractivity contribution is -0.127. The fourth-order valence-corrected chi connectivity index (χ4v) is 10.8. The number of rotatable bonds is 33. The van der Waals surface area contributed by atoms with Crippen molar-refractivity contribution in [3.8, 4) is 5.75 Å². The number of nitrogens with zero attached hydrogens (tertiary/aromatic N) is 5. The second-order valence-electron chi connectivity index (χ2n) is 31.3. The number of hydrogen-bond donors (Lipinski definition) is 0. The summed E-state index contributed by atoms with van der Waals surface area (Å²) in [6, 6.07) is 11.0. The van der Waals surface area contributed by atoms with Gasteiger partial charge in [-0.3, -0.25) is 38.8 Å². The molecule has 2 fully saturated rings. The van der Waals surface area contributed by atoms with Gasteiger partial charge in [-0.15, -0.1) is 0 Å². The van der Waals surface area contributed by atoms with Gasteiger partial charge in [0.25, 0.3) is 0 Å². The average molecular weight is 1360 g/mol. The molecule has 14 heteroatoms. The third-order valence-electron chi connectivity index (χ3n) is 17.4. The molecule has 2 aliphatic rings. The first-order valence-corrected chi connectivity index (χ1v) is 35.4. The Bertz CT molecular complexity index is 2000. The van der Waals surface area contributed by atoms with Crippen molar-refractivity contribution in [1.82, 2.24) is 24.5 Å². The summed E-state index contributed by atoms with van der Waals surface area (Å²) in [6.45, 7) is 79.2. The Morgan fingerprint density at radius 1 is 0.516 bits per heavy atom. The Labute approximate surface area is 594 Å². The zero-order chi connectivity index (χ0) is 67.7. The van der Waals surface area contributed by atoms with E-state index in [4.69, 9.17) is 4.74 Å². The maximum atomic E-state index is 12.4. The van der Waals surface area contributed by atoms with Gasteiger partial charge in [0, 0.05) is 92.5 Å². The van der Waals surface area contributed by atoms with Crippen LogP contribution in [0.3, 0.4) is 0 Å². The normalized spacial score (nSPS) is 16.7. The molecule has 2 aliphatic heterocycles. The second kappa shape index (κ2) is 53.7. The summed E-state index contributed by atoms with van der Waals surface area (Å²) in [5.41, 5.74) is 2.63. The average Bonchev–Trinajstić information content (AvgIpc) is 2.07. The Morgan fingerprint density at radius 3 is 1.36 bits per heavy atom. The summed E-state index contributed by atoms with van der Waals surface area (Å²) in [5.74, 6) is 8.44. The molecule has 2 saturated heterocycles. The van der Waals surface area contributed by atoms with Crippen LogP contribution < -0.4 is 4.74 Å². The minimum absolute atomic E-state index is 0. The van der Waals surface area contributed by atoms with Gasteiger partial charge in [0.15, 0.2) is 5.78 Å². The molecule has 0 aliphatic carbocycles. The minimum atomic E-state index is 0. The molecular formula is C77H155N5O5S4. The van der Waals surface area contributed by atoms with E-state index in [-0.39, 0.29) is 89.6 Å². The quantitative estimate of drug-likeness (QED) is 0.0634. The molecule has 91 heavy (non-hydrogen) atoms. The lowest BCUT2D eigenvalue weighted by atomic mass is 9.84. The minimum Gasteiger partial charge on any atom is -0.494 e. The molecule has 1 unspecified atom stereocenters. The van der Waals surface area contributed by atoms with Crippen molar-refractivity contribution in [2.24, 2.45) is 76.9 Å². The number of ketones is 4. The predicted molar refractivity (Wildman–Crippen MR) is 421 cm³/mol. The highest BCUT2D eigenvalue weighted by molar-refractivity contribution is 7.59. The van der Waals surface area contributed by atoms with E-state index in [0.717, 1.165) is 63.6 Å². The molecule has 10 nitrogen and oxygen atoms in total.